The van der Waals surface area contributed by atoms with Crippen LogP contribution in [0.3, 0.4) is 0 Å². The van der Waals surface area contributed by atoms with Crippen molar-refractivity contribution < 1.29 is 4.79 Å². The Kier molecular flexibility index (Phi) is 6.76. The summed E-state index contributed by atoms with van der Waals surface area (Å²) in [6.07, 6.45) is 12.3. The summed E-state index contributed by atoms with van der Waals surface area (Å²) < 4.78 is 2.50. The van der Waals surface area contributed by atoms with Crippen LogP contribution in [0.4, 0.5) is 0 Å². The van der Waals surface area contributed by atoms with Gasteiger partial charge >= 0.3 is 0 Å². The molecular formula is C24H34N2O. The Labute approximate surface area is 164 Å². The zero-order chi connectivity index (χ0) is 19.2. The van der Waals surface area contributed by atoms with Gasteiger partial charge in [0.1, 0.15) is 0 Å². The highest BCUT2D eigenvalue weighted by Crippen LogP contribution is 2.38. The fraction of sp³-hybridized carbons (Fsp3) is 0.542. The van der Waals surface area contributed by atoms with E-state index in [9.17, 15) is 4.79 Å². The van der Waals surface area contributed by atoms with Crippen molar-refractivity contribution >= 4 is 5.91 Å². The second-order valence-electron chi connectivity index (χ2n) is 7.98. The van der Waals surface area contributed by atoms with Gasteiger partial charge in [0.2, 0.25) is 0 Å². The van der Waals surface area contributed by atoms with Gasteiger partial charge in [-0.05, 0) is 38.2 Å². The normalized spacial score (nSPS) is 16.1. The number of hydrogen-bond donors (Lipinski definition) is 1. The van der Waals surface area contributed by atoms with Gasteiger partial charge in [-0.2, -0.15) is 0 Å². The lowest BCUT2D eigenvalue weighted by atomic mass is 9.95. The molecule has 2 N–H and O–H groups in total. The van der Waals surface area contributed by atoms with E-state index in [1.807, 2.05) is 18.2 Å². The maximum atomic E-state index is 12.5. The standard InChI is InChI=1S/C24H34N2O/c1-3-4-17-21-23(19-13-9-8-10-14-19)22(24(25)27)18(2)26(21)20-15-11-6-5-7-12-16-20/h8-10,13-14,20H,3-7,11-12,15-17H2,1-2H3,(H2,25,27). The van der Waals surface area contributed by atoms with E-state index in [-0.39, 0.29) is 5.91 Å². The molecule has 1 fully saturated rings. The Morgan fingerprint density at radius 2 is 1.70 bits per heavy atom. The highest BCUT2D eigenvalue weighted by atomic mass is 16.1. The van der Waals surface area contributed by atoms with Gasteiger partial charge in [0, 0.05) is 23.0 Å². The Bertz CT molecular complexity index is 752. The summed E-state index contributed by atoms with van der Waals surface area (Å²) in [5, 5.41) is 0. The molecule has 3 rings (SSSR count). The number of unbranched alkanes of at least 4 members (excludes halogenated alkanes) is 1. The molecular weight excluding hydrogens is 332 g/mol. The molecule has 1 aliphatic rings. The number of carbonyl (C=O) groups excluding carboxylic acids is 1. The predicted octanol–water partition coefficient (Wildman–Crippen LogP) is 6.19. The van der Waals surface area contributed by atoms with Crippen molar-refractivity contribution in [1.29, 1.82) is 0 Å². The molecule has 1 aliphatic carbocycles. The van der Waals surface area contributed by atoms with E-state index in [2.05, 4.69) is 30.5 Å². The van der Waals surface area contributed by atoms with Gasteiger partial charge in [-0.25, -0.2) is 0 Å². The fourth-order valence-electron chi connectivity index (χ4n) is 4.76. The molecule has 1 aromatic carbocycles. The van der Waals surface area contributed by atoms with Gasteiger partial charge < -0.3 is 10.3 Å². The number of nitrogens with two attached hydrogens (primary N) is 1. The summed E-state index contributed by atoms with van der Waals surface area (Å²) in [7, 11) is 0. The van der Waals surface area contributed by atoms with Gasteiger partial charge in [0.05, 0.1) is 5.56 Å². The van der Waals surface area contributed by atoms with Crippen molar-refractivity contribution in [3.63, 3.8) is 0 Å². The molecule has 0 aliphatic heterocycles. The molecule has 0 radical (unpaired) electrons. The number of amides is 1. The second kappa shape index (κ2) is 9.25. The predicted molar refractivity (Wildman–Crippen MR) is 113 cm³/mol. The first-order chi connectivity index (χ1) is 13.1. The number of carbonyl (C=O) groups is 1. The van der Waals surface area contributed by atoms with Gasteiger partial charge in [-0.1, -0.05) is 75.8 Å². The molecule has 0 saturated heterocycles. The van der Waals surface area contributed by atoms with Crippen molar-refractivity contribution in [3.05, 3.63) is 47.3 Å². The number of rotatable bonds is 6. The first-order valence-electron chi connectivity index (χ1n) is 10.7. The minimum Gasteiger partial charge on any atom is -0.366 e. The number of aromatic nitrogens is 1. The number of benzene rings is 1. The minimum atomic E-state index is -0.298. The van der Waals surface area contributed by atoms with Crippen LogP contribution in [0.1, 0.15) is 92.5 Å². The van der Waals surface area contributed by atoms with Crippen LogP contribution < -0.4 is 5.73 Å². The largest absolute Gasteiger partial charge is 0.366 e. The molecule has 27 heavy (non-hydrogen) atoms. The molecule has 1 heterocycles. The van der Waals surface area contributed by atoms with Crippen molar-refractivity contribution in [3.8, 4) is 11.1 Å². The second-order valence-corrected chi connectivity index (χ2v) is 7.98. The highest BCUT2D eigenvalue weighted by Gasteiger charge is 2.28. The van der Waals surface area contributed by atoms with Crippen LogP contribution in [0.2, 0.25) is 0 Å². The van der Waals surface area contributed by atoms with E-state index in [0.717, 1.165) is 41.6 Å². The van der Waals surface area contributed by atoms with E-state index in [0.29, 0.717) is 6.04 Å². The van der Waals surface area contributed by atoms with Gasteiger partial charge in [-0.3, -0.25) is 4.79 Å². The minimum absolute atomic E-state index is 0.298. The molecule has 3 heteroatoms. The first kappa shape index (κ1) is 19.7. The average Bonchev–Trinajstić information content (AvgIpc) is 2.93. The van der Waals surface area contributed by atoms with E-state index < -0.39 is 0 Å². The third kappa shape index (κ3) is 4.28. The number of nitrogens with zero attached hydrogens (tertiary/aromatic N) is 1. The van der Waals surface area contributed by atoms with Crippen LogP contribution in [-0.2, 0) is 6.42 Å². The zero-order valence-corrected chi connectivity index (χ0v) is 17.0. The topological polar surface area (TPSA) is 48.0 Å². The van der Waals surface area contributed by atoms with Crippen LogP contribution in [0, 0.1) is 6.92 Å². The Morgan fingerprint density at radius 1 is 1.07 bits per heavy atom. The quantitative estimate of drug-likeness (QED) is 0.651. The van der Waals surface area contributed by atoms with Crippen LogP contribution >= 0.6 is 0 Å². The van der Waals surface area contributed by atoms with E-state index >= 15 is 0 Å². The Balaban J connectivity index is 2.17. The average molecular weight is 367 g/mol. The third-order valence-electron chi connectivity index (χ3n) is 6.07. The lowest BCUT2D eigenvalue weighted by molar-refractivity contribution is 0.1000. The van der Waals surface area contributed by atoms with Gasteiger partial charge in [-0.15, -0.1) is 0 Å². The van der Waals surface area contributed by atoms with Crippen molar-refractivity contribution in [2.24, 2.45) is 5.73 Å². The Morgan fingerprint density at radius 3 is 2.30 bits per heavy atom. The van der Waals surface area contributed by atoms with E-state index in [1.54, 1.807) is 0 Å². The van der Waals surface area contributed by atoms with Crippen LogP contribution in [0.15, 0.2) is 30.3 Å². The van der Waals surface area contributed by atoms with Crippen molar-refractivity contribution in [1.82, 2.24) is 4.57 Å². The maximum Gasteiger partial charge on any atom is 0.251 e. The highest BCUT2D eigenvalue weighted by molar-refractivity contribution is 6.02. The number of hydrogen-bond acceptors (Lipinski definition) is 1. The van der Waals surface area contributed by atoms with Crippen molar-refractivity contribution in [2.75, 3.05) is 0 Å². The molecule has 3 nitrogen and oxygen atoms in total. The van der Waals surface area contributed by atoms with Gasteiger partial charge in [0.15, 0.2) is 0 Å². The van der Waals surface area contributed by atoms with Gasteiger partial charge in [0.25, 0.3) is 5.91 Å². The molecule has 0 bridgehead atoms. The summed E-state index contributed by atoms with van der Waals surface area (Å²) in [4.78, 5) is 12.5. The lowest BCUT2D eigenvalue weighted by Gasteiger charge is -2.26. The molecule has 0 atom stereocenters. The summed E-state index contributed by atoms with van der Waals surface area (Å²) in [5.74, 6) is -0.298. The zero-order valence-electron chi connectivity index (χ0n) is 17.0. The lowest BCUT2D eigenvalue weighted by Crippen LogP contribution is -2.17. The first-order valence-corrected chi connectivity index (χ1v) is 10.7. The van der Waals surface area contributed by atoms with E-state index in [1.165, 1.54) is 50.6 Å². The Hall–Kier alpha value is -2.03. The molecule has 0 spiro atoms. The summed E-state index contributed by atoms with van der Waals surface area (Å²) in [6.45, 7) is 4.33. The SMILES string of the molecule is CCCCc1c(-c2ccccc2)c(C(N)=O)c(C)n1C1CCCCCCC1. The molecule has 146 valence electrons. The fourth-order valence-corrected chi connectivity index (χ4v) is 4.76. The third-order valence-corrected chi connectivity index (χ3v) is 6.07. The maximum absolute atomic E-state index is 12.5. The van der Waals surface area contributed by atoms with Crippen LogP contribution in [0.25, 0.3) is 11.1 Å². The molecule has 0 unspecified atom stereocenters. The summed E-state index contributed by atoms with van der Waals surface area (Å²) >= 11 is 0. The smallest absolute Gasteiger partial charge is 0.251 e. The molecule has 2 aromatic rings. The molecule has 1 amide bonds. The number of primary amides is 1. The molecule has 1 aromatic heterocycles. The monoisotopic (exact) mass is 366 g/mol. The van der Waals surface area contributed by atoms with Crippen molar-refractivity contribution in [2.45, 2.75) is 84.1 Å². The molecule has 1 saturated carbocycles. The van der Waals surface area contributed by atoms with Crippen LogP contribution in [0.5, 0.6) is 0 Å². The van der Waals surface area contributed by atoms with Crippen LogP contribution in [-0.4, -0.2) is 10.5 Å². The summed E-state index contributed by atoms with van der Waals surface area (Å²) in [5.41, 5.74) is 11.2. The van der Waals surface area contributed by atoms with E-state index in [4.69, 9.17) is 5.73 Å². The summed E-state index contributed by atoms with van der Waals surface area (Å²) in [6, 6.07) is 10.8.